The number of carbonyl (C=O) groups excluding carboxylic acids is 1. The van der Waals surface area contributed by atoms with Gasteiger partial charge in [-0.15, -0.1) is 0 Å². The quantitative estimate of drug-likeness (QED) is 0.350. The van der Waals surface area contributed by atoms with Gasteiger partial charge in [0.25, 0.3) is 0 Å². The van der Waals surface area contributed by atoms with Crippen molar-refractivity contribution in [2.45, 2.75) is 25.9 Å². The molecule has 3 N–H and O–H groups in total. The molecule has 0 saturated heterocycles. The largest absolute Gasteiger partial charge is 0.484 e. The van der Waals surface area contributed by atoms with Crippen LogP contribution in [0.1, 0.15) is 19.8 Å². The van der Waals surface area contributed by atoms with E-state index in [1.807, 2.05) is 5.43 Å². The Morgan fingerprint density at radius 1 is 1.63 bits per heavy atom. The van der Waals surface area contributed by atoms with E-state index in [1.165, 1.54) is 0 Å². The Hall–Kier alpha value is -2.22. The number of amides is 1. The highest BCUT2D eigenvalue weighted by molar-refractivity contribution is 5.75. The highest BCUT2D eigenvalue weighted by atomic mass is 19.1. The van der Waals surface area contributed by atoms with E-state index in [0.29, 0.717) is 6.42 Å². The van der Waals surface area contributed by atoms with Gasteiger partial charge in [-0.05, 0) is 19.4 Å². The van der Waals surface area contributed by atoms with Gasteiger partial charge in [0, 0.05) is 18.6 Å². The van der Waals surface area contributed by atoms with Crippen molar-refractivity contribution in [2.75, 3.05) is 0 Å². The van der Waals surface area contributed by atoms with E-state index in [-0.39, 0.29) is 23.8 Å². The number of hydrogen-bond donors (Lipinski definition) is 2. The second kappa shape index (κ2) is 6.64. The van der Waals surface area contributed by atoms with Crippen molar-refractivity contribution in [3.63, 3.8) is 0 Å². The molecule has 1 amide bonds. The number of halogens is 1. The Morgan fingerprint density at radius 2 is 2.32 bits per heavy atom. The first-order chi connectivity index (χ1) is 8.93. The lowest BCUT2D eigenvalue weighted by molar-refractivity contribution is -0.386. The second-order valence-corrected chi connectivity index (χ2v) is 3.90. The Labute approximate surface area is 108 Å². The molecule has 0 aliphatic rings. The van der Waals surface area contributed by atoms with E-state index >= 15 is 0 Å². The van der Waals surface area contributed by atoms with Crippen molar-refractivity contribution in [3.05, 3.63) is 34.1 Å². The molecule has 0 radical (unpaired) electrons. The normalized spacial score (nSPS) is 11.7. The fourth-order valence-corrected chi connectivity index (χ4v) is 1.42. The summed E-state index contributed by atoms with van der Waals surface area (Å²) in [4.78, 5) is 21.0. The molecule has 19 heavy (non-hydrogen) atoms. The zero-order valence-corrected chi connectivity index (χ0v) is 10.3. The van der Waals surface area contributed by atoms with Crippen LogP contribution in [-0.2, 0) is 4.79 Å². The number of nitrogens with zero attached hydrogens (tertiary/aromatic N) is 1. The first-order valence-electron chi connectivity index (χ1n) is 5.54. The van der Waals surface area contributed by atoms with E-state index in [4.69, 9.17) is 10.6 Å². The maximum Gasteiger partial charge on any atom is 0.311 e. The predicted octanol–water partition coefficient (Wildman–Crippen LogP) is 1.27. The van der Waals surface area contributed by atoms with E-state index in [0.717, 1.165) is 18.2 Å². The van der Waals surface area contributed by atoms with Gasteiger partial charge in [0.15, 0.2) is 5.75 Å². The summed E-state index contributed by atoms with van der Waals surface area (Å²) in [5.74, 6) is 3.75. The minimum atomic E-state index is -0.659. The van der Waals surface area contributed by atoms with Crippen LogP contribution in [0.4, 0.5) is 10.1 Å². The van der Waals surface area contributed by atoms with Gasteiger partial charge >= 0.3 is 5.69 Å². The topological polar surface area (TPSA) is 107 Å². The SMILES string of the molecule is CC(CCC(=O)NN)Oc1cc(F)ccc1[N+](=O)[O-]. The maximum absolute atomic E-state index is 13.0. The third-order valence-corrected chi connectivity index (χ3v) is 2.39. The van der Waals surface area contributed by atoms with Crippen molar-refractivity contribution in [2.24, 2.45) is 5.84 Å². The molecule has 0 spiro atoms. The number of ether oxygens (including phenoxy) is 1. The van der Waals surface area contributed by atoms with E-state index < -0.39 is 16.8 Å². The van der Waals surface area contributed by atoms with Crippen molar-refractivity contribution in [1.29, 1.82) is 0 Å². The molecule has 8 heteroatoms. The third-order valence-electron chi connectivity index (χ3n) is 2.39. The lowest BCUT2D eigenvalue weighted by Crippen LogP contribution is -2.30. The summed E-state index contributed by atoms with van der Waals surface area (Å²) < 4.78 is 18.3. The van der Waals surface area contributed by atoms with Gasteiger partial charge in [-0.3, -0.25) is 20.3 Å². The number of nitrogens with one attached hydrogen (secondary N) is 1. The number of nitrogens with two attached hydrogens (primary N) is 1. The van der Waals surface area contributed by atoms with Crippen molar-refractivity contribution in [3.8, 4) is 5.75 Å². The molecule has 0 aromatic heterocycles. The van der Waals surface area contributed by atoms with Crippen LogP contribution < -0.4 is 16.0 Å². The molecule has 1 rings (SSSR count). The monoisotopic (exact) mass is 271 g/mol. The Morgan fingerprint density at radius 3 is 2.89 bits per heavy atom. The van der Waals surface area contributed by atoms with Gasteiger partial charge in [0.1, 0.15) is 5.82 Å². The number of rotatable bonds is 6. The van der Waals surface area contributed by atoms with E-state index in [1.54, 1.807) is 6.92 Å². The summed E-state index contributed by atoms with van der Waals surface area (Å²) in [7, 11) is 0. The summed E-state index contributed by atoms with van der Waals surface area (Å²) in [6, 6.07) is 2.96. The lowest BCUT2D eigenvalue weighted by Gasteiger charge is -2.14. The molecule has 1 atom stereocenters. The Balaban J connectivity index is 2.72. The van der Waals surface area contributed by atoms with Crippen LogP contribution in [0, 0.1) is 15.9 Å². The molecule has 1 unspecified atom stereocenters. The Kier molecular flexibility index (Phi) is 5.19. The summed E-state index contributed by atoms with van der Waals surface area (Å²) in [6.07, 6.45) is -0.0740. The van der Waals surface area contributed by atoms with E-state index in [2.05, 4.69) is 0 Å². The standard InChI is InChI=1S/C11H14FN3O4/c1-7(2-5-11(16)14-13)19-10-6-8(12)3-4-9(10)15(17)18/h3-4,6-7H,2,5,13H2,1H3,(H,14,16). The van der Waals surface area contributed by atoms with Gasteiger partial charge in [-0.2, -0.15) is 0 Å². The molecule has 7 nitrogen and oxygen atoms in total. The fraction of sp³-hybridized carbons (Fsp3) is 0.364. The van der Waals surface area contributed by atoms with E-state index in [9.17, 15) is 19.3 Å². The van der Waals surface area contributed by atoms with Gasteiger partial charge in [-0.25, -0.2) is 10.2 Å². The highest BCUT2D eigenvalue weighted by Crippen LogP contribution is 2.28. The molecule has 1 aromatic carbocycles. The summed E-state index contributed by atoms with van der Waals surface area (Å²) in [5.41, 5.74) is 1.64. The first-order valence-corrected chi connectivity index (χ1v) is 5.54. The predicted molar refractivity (Wildman–Crippen MR) is 64.7 cm³/mol. The van der Waals surface area contributed by atoms with Gasteiger partial charge in [-0.1, -0.05) is 0 Å². The van der Waals surface area contributed by atoms with Gasteiger partial charge in [0.05, 0.1) is 11.0 Å². The van der Waals surface area contributed by atoms with Gasteiger partial charge < -0.3 is 4.74 Å². The lowest BCUT2D eigenvalue weighted by atomic mass is 10.2. The van der Waals surface area contributed by atoms with Crippen LogP contribution in [0.5, 0.6) is 5.75 Å². The molecule has 0 aliphatic heterocycles. The zero-order valence-electron chi connectivity index (χ0n) is 10.3. The van der Waals surface area contributed by atoms with Gasteiger partial charge in [0.2, 0.25) is 5.91 Å². The third kappa shape index (κ3) is 4.51. The molecule has 1 aromatic rings. The number of hydrazine groups is 1. The van der Waals surface area contributed by atoms with Crippen LogP contribution in [-0.4, -0.2) is 16.9 Å². The average Bonchev–Trinajstić information content (AvgIpc) is 2.35. The number of benzene rings is 1. The zero-order chi connectivity index (χ0) is 14.4. The number of nitro benzene ring substituents is 1. The number of nitro groups is 1. The smallest absolute Gasteiger partial charge is 0.311 e. The molecular formula is C11H14FN3O4. The van der Waals surface area contributed by atoms with Crippen molar-refractivity contribution in [1.82, 2.24) is 5.43 Å². The van der Waals surface area contributed by atoms with Crippen LogP contribution in [0.15, 0.2) is 18.2 Å². The molecule has 104 valence electrons. The molecule has 0 aliphatic carbocycles. The van der Waals surface area contributed by atoms with Crippen LogP contribution >= 0.6 is 0 Å². The number of carbonyl (C=O) groups is 1. The minimum Gasteiger partial charge on any atom is -0.484 e. The number of hydrogen-bond acceptors (Lipinski definition) is 5. The van der Waals surface area contributed by atoms with Crippen molar-refractivity contribution >= 4 is 11.6 Å². The minimum absolute atomic E-state index is 0.112. The summed E-state index contributed by atoms with van der Waals surface area (Å²) in [6.45, 7) is 1.62. The molecule has 0 fully saturated rings. The maximum atomic E-state index is 13.0. The van der Waals surface area contributed by atoms with Crippen LogP contribution in [0.2, 0.25) is 0 Å². The van der Waals surface area contributed by atoms with Crippen molar-refractivity contribution < 1.29 is 18.8 Å². The van der Waals surface area contributed by atoms with Crippen LogP contribution in [0.25, 0.3) is 0 Å². The fourth-order valence-electron chi connectivity index (χ4n) is 1.42. The Bertz CT molecular complexity index is 481. The average molecular weight is 271 g/mol. The molecular weight excluding hydrogens is 257 g/mol. The summed E-state index contributed by atoms with van der Waals surface area (Å²) >= 11 is 0. The van der Waals surface area contributed by atoms with Crippen LogP contribution in [0.3, 0.4) is 0 Å². The summed E-state index contributed by atoms with van der Waals surface area (Å²) in [5, 5.41) is 10.7. The molecule has 0 heterocycles. The molecule has 0 saturated carbocycles. The highest BCUT2D eigenvalue weighted by Gasteiger charge is 2.18. The second-order valence-electron chi connectivity index (χ2n) is 3.90. The molecule has 0 bridgehead atoms. The first kappa shape index (κ1) is 14.8.